The van der Waals surface area contributed by atoms with Crippen LogP contribution in [-0.4, -0.2) is 16.6 Å². The second-order valence-electron chi connectivity index (χ2n) is 4.86. The Labute approximate surface area is 116 Å². The lowest BCUT2D eigenvalue weighted by Crippen LogP contribution is -2.30. The summed E-state index contributed by atoms with van der Waals surface area (Å²) in [7, 11) is 0. The fraction of sp³-hybridized carbons (Fsp3) is 0.286. The molecule has 1 aromatic carbocycles. The monoisotopic (exact) mass is 276 g/mol. The normalized spacial score (nSPS) is 13.8. The Bertz CT molecular complexity index is 606. The Hall–Kier alpha value is -2.34. The highest BCUT2D eigenvalue weighted by molar-refractivity contribution is 5.55. The van der Waals surface area contributed by atoms with Crippen molar-refractivity contribution >= 4 is 11.4 Å². The largest absolute Gasteiger partial charge is 0.466 e. The van der Waals surface area contributed by atoms with Crippen molar-refractivity contribution in [3.63, 3.8) is 0 Å². The maximum Gasteiger partial charge on any atom is 0.269 e. The first-order chi connectivity index (χ1) is 9.40. The van der Waals surface area contributed by atoms with Crippen molar-refractivity contribution in [1.82, 2.24) is 0 Å². The molecule has 1 atom stereocenters. The van der Waals surface area contributed by atoms with E-state index in [-0.39, 0.29) is 12.2 Å². The molecule has 0 spiro atoms. The average Bonchev–Trinajstić information content (AvgIpc) is 2.91. The number of non-ortho nitro benzene ring substituents is 1. The van der Waals surface area contributed by atoms with Gasteiger partial charge in [0.05, 0.1) is 17.7 Å². The molecular weight excluding hydrogens is 260 g/mol. The molecule has 6 heteroatoms. The van der Waals surface area contributed by atoms with Crippen LogP contribution in [0.3, 0.4) is 0 Å². The van der Waals surface area contributed by atoms with Crippen LogP contribution >= 0.6 is 0 Å². The van der Waals surface area contributed by atoms with Crippen molar-refractivity contribution in [2.75, 3.05) is 11.9 Å². The molecule has 0 saturated heterocycles. The summed E-state index contributed by atoms with van der Waals surface area (Å²) < 4.78 is 5.19. The molecule has 2 N–H and O–H groups in total. The number of benzene rings is 1. The Balaban J connectivity index is 2.10. The van der Waals surface area contributed by atoms with Crippen molar-refractivity contribution in [2.45, 2.75) is 19.4 Å². The van der Waals surface area contributed by atoms with Gasteiger partial charge in [-0.25, -0.2) is 0 Å². The zero-order valence-corrected chi connectivity index (χ0v) is 11.3. The van der Waals surface area contributed by atoms with Gasteiger partial charge >= 0.3 is 0 Å². The highest BCUT2D eigenvalue weighted by atomic mass is 16.6. The Kier molecular flexibility index (Phi) is 3.76. The van der Waals surface area contributed by atoms with Crippen molar-refractivity contribution in [3.8, 4) is 0 Å². The molecule has 2 rings (SSSR count). The first kappa shape index (κ1) is 14.1. The summed E-state index contributed by atoms with van der Waals surface area (Å²) in [5.41, 5.74) is 0.375. The second-order valence-corrected chi connectivity index (χ2v) is 4.86. The molecule has 1 aromatic heterocycles. The smallest absolute Gasteiger partial charge is 0.269 e. The minimum absolute atomic E-state index is 0.0471. The van der Waals surface area contributed by atoms with Gasteiger partial charge in [-0.15, -0.1) is 0 Å². The van der Waals surface area contributed by atoms with Gasteiger partial charge in [-0.2, -0.15) is 0 Å². The molecular formula is C14H16N2O4. The van der Waals surface area contributed by atoms with E-state index in [1.165, 1.54) is 18.4 Å². The van der Waals surface area contributed by atoms with Crippen molar-refractivity contribution in [3.05, 3.63) is 58.0 Å². The number of hydrogen-bond donors (Lipinski definition) is 2. The van der Waals surface area contributed by atoms with Gasteiger partial charge in [-0.1, -0.05) is 0 Å². The molecule has 0 fully saturated rings. The van der Waals surface area contributed by atoms with Crippen LogP contribution in [0.4, 0.5) is 11.4 Å². The van der Waals surface area contributed by atoms with E-state index in [1.807, 2.05) is 0 Å². The summed E-state index contributed by atoms with van der Waals surface area (Å²) >= 11 is 0. The third kappa shape index (κ3) is 2.97. The zero-order chi connectivity index (χ0) is 14.8. The van der Waals surface area contributed by atoms with Crippen LogP contribution in [-0.2, 0) is 5.60 Å². The predicted octanol–water partition coefficient (Wildman–Crippen LogP) is 2.82. The summed E-state index contributed by atoms with van der Waals surface area (Å²) in [6.45, 7) is 3.65. The summed E-state index contributed by atoms with van der Waals surface area (Å²) in [5, 5.41) is 24.1. The maximum absolute atomic E-state index is 10.7. The van der Waals surface area contributed by atoms with E-state index in [2.05, 4.69) is 5.32 Å². The van der Waals surface area contributed by atoms with Crippen LogP contribution in [0.25, 0.3) is 0 Å². The summed E-state index contributed by atoms with van der Waals surface area (Å²) in [5.74, 6) is 0.463. The zero-order valence-electron chi connectivity index (χ0n) is 11.3. The third-order valence-corrected chi connectivity index (χ3v) is 3.10. The molecule has 0 saturated carbocycles. The number of aryl methyl sites for hydroxylation is 1. The quantitative estimate of drug-likeness (QED) is 0.647. The maximum atomic E-state index is 10.7. The number of anilines is 1. The number of rotatable bonds is 5. The highest BCUT2D eigenvalue weighted by Gasteiger charge is 2.26. The van der Waals surface area contributed by atoms with Crippen molar-refractivity contribution < 1.29 is 14.4 Å². The Morgan fingerprint density at radius 2 is 2.20 bits per heavy atom. The number of furan rings is 1. The van der Waals surface area contributed by atoms with Crippen LogP contribution in [0.15, 0.2) is 41.0 Å². The van der Waals surface area contributed by atoms with E-state index >= 15 is 0 Å². The lowest BCUT2D eigenvalue weighted by molar-refractivity contribution is -0.384. The molecule has 0 aliphatic carbocycles. The van der Waals surface area contributed by atoms with E-state index in [0.29, 0.717) is 5.76 Å². The average molecular weight is 276 g/mol. The lowest BCUT2D eigenvalue weighted by Gasteiger charge is -2.22. The van der Waals surface area contributed by atoms with E-state index in [4.69, 9.17) is 4.42 Å². The SMILES string of the molecule is Cc1cc([N+](=O)[O-])ccc1NCC(C)(O)c1ccco1. The molecule has 0 aliphatic heterocycles. The number of nitro groups is 1. The molecule has 0 aliphatic rings. The van der Waals surface area contributed by atoms with E-state index in [0.717, 1.165) is 11.3 Å². The van der Waals surface area contributed by atoms with E-state index in [9.17, 15) is 15.2 Å². The molecule has 0 radical (unpaired) electrons. The van der Waals surface area contributed by atoms with Crippen LogP contribution in [0.1, 0.15) is 18.2 Å². The molecule has 2 aromatic rings. The number of nitrogens with one attached hydrogen (secondary N) is 1. The minimum Gasteiger partial charge on any atom is -0.466 e. The lowest BCUT2D eigenvalue weighted by atomic mass is 10.0. The number of nitrogens with zero attached hydrogens (tertiary/aromatic N) is 1. The summed E-state index contributed by atoms with van der Waals surface area (Å²) in [4.78, 5) is 10.2. The van der Waals surface area contributed by atoms with Crippen LogP contribution in [0.2, 0.25) is 0 Å². The van der Waals surface area contributed by atoms with Gasteiger partial charge in [0.1, 0.15) is 11.4 Å². The van der Waals surface area contributed by atoms with Gasteiger partial charge in [0.2, 0.25) is 0 Å². The van der Waals surface area contributed by atoms with Crippen molar-refractivity contribution in [2.24, 2.45) is 0 Å². The predicted molar refractivity (Wildman–Crippen MR) is 74.6 cm³/mol. The molecule has 0 amide bonds. The van der Waals surface area contributed by atoms with Crippen LogP contribution in [0.5, 0.6) is 0 Å². The topological polar surface area (TPSA) is 88.5 Å². The van der Waals surface area contributed by atoms with Gasteiger partial charge in [-0.3, -0.25) is 10.1 Å². The molecule has 0 bridgehead atoms. The molecule has 1 unspecified atom stereocenters. The van der Waals surface area contributed by atoms with Crippen molar-refractivity contribution in [1.29, 1.82) is 0 Å². The fourth-order valence-corrected chi connectivity index (χ4v) is 1.90. The van der Waals surface area contributed by atoms with E-state index < -0.39 is 10.5 Å². The van der Waals surface area contributed by atoms with Gasteiger partial charge in [0, 0.05) is 17.8 Å². The summed E-state index contributed by atoms with van der Waals surface area (Å²) in [6, 6.07) is 7.96. The van der Waals surface area contributed by atoms with Gasteiger partial charge in [0.25, 0.3) is 5.69 Å². The highest BCUT2D eigenvalue weighted by Crippen LogP contribution is 2.25. The molecule has 20 heavy (non-hydrogen) atoms. The summed E-state index contributed by atoms with van der Waals surface area (Å²) in [6.07, 6.45) is 1.50. The molecule has 6 nitrogen and oxygen atoms in total. The first-order valence-electron chi connectivity index (χ1n) is 6.15. The Morgan fingerprint density at radius 3 is 2.75 bits per heavy atom. The van der Waals surface area contributed by atoms with Gasteiger partial charge in [-0.05, 0) is 37.6 Å². The number of hydrogen-bond acceptors (Lipinski definition) is 5. The first-order valence-corrected chi connectivity index (χ1v) is 6.15. The molecule has 1 heterocycles. The Morgan fingerprint density at radius 1 is 1.45 bits per heavy atom. The fourth-order valence-electron chi connectivity index (χ4n) is 1.90. The molecule has 106 valence electrons. The van der Waals surface area contributed by atoms with Gasteiger partial charge < -0.3 is 14.8 Å². The van der Waals surface area contributed by atoms with Gasteiger partial charge in [0.15, 0.2) is 0 Å². The number of aliphatic hydroxyl groups is 1. The number of nitro benzene ring substituents is 1. The second kappa shape index (κ2) is 5.34. The standard InChI is InChI=1S/C14H16N2O4/c1-10-8-11(16(18)19)5-6-12(10)15-9-14(2,17)13-4-3-7-20-13/h3-8,15,17H,9H2,1-2H3. The van der Waals surface area contributed by atoms with E-state index in [1.54, 1.807) is 32.0 Å². The van der Waals surface area contributed by atoms with Crippen LogP contribution in [0, 0.1) is 17.0 Å². The minimum atomic E-state index is -1.16. The third-order valence-electron chi connectivity index (χ3n) is 3.10. The van der Waals surface area contributed by atoms with Crippen LogP contribution < -0.4 is 5.32 Å².